The van der Waals surface area contributed by atoms with Crippen LogP contribution in [0.2, 0.25) is 0 Å². The van der Waals surface area contributed by atoms with E-state index in [9.17, 15) is 4.79 Å². The molecule has 3 N–H and O–H groups in total. The smallest absolute Gasteiger partial charge is 0.315 e. The number of hydrogen-bond donors (Lipinski definition) is 3. The molecule has 1 aliphatic rings. The van der Waals surface area contributed by atoms with E-state index in [4.69, 9.17) is 9.84 Å². The zero-order valence-corrected chi connectivity index (χ0v) is 11.6. The van der Waals surface area contributed by atoms with Gasteiger partial charge in [0.1, 0.15) is 5.75 Å². The monoisotopic (exact) mass is 278 g/mol. The Balaban J connectivity index is 1.77. The number of nitrogens with one attached hydrogen (secondary N) is 2. The molecule has 5 heteroatoms. The van der Waals surface area contributed by atoms with Gasteiger partial charge in [0.2, 0.25) is 0 Å². The van der Waals surface area contributed by atoms with Gasteiger partial charge in [-0.25, -0.2) is 4.79 Å². The Labute approximate surface area is 119 Å². The lowest BCUT2D eigenvalue weighted by Crippen LogP contribution is -2.35. The maximum atomic E-state index is 11.5. The fourth-order valence-electron chi connectivity index (χ4n) is 1.80. The van der Waals surface area contributed by atoms with Crippen LogP contribution < -0.4 is 15.4 Å². The van der Waals surface area contributed by atoms with Crippen LogP contribution in [-0.4, -0.2) is 30.9 Å². The number of carbonyl (C=O) groups excluding carboxylic acids is 1. The van der Waals surface area contributed by atoms with Gasteiger partial charge in [-0.05, 0) is 31.2 Å². The molecule has 0 atom stereocenters. The lowest BCUT2D eigenvalue weighted by atomic mass is 10.2. The average molecular weight is 278 g/mol. The predicted molar refractivity (Wildman–Crippen MR) is 76.6 cm³/mol. The van der Waals surface area contributed by atoms with Crippen molar-refractivity contribution in [3.05, 3.63) is 29.8 Å². The molecule has 0 heterocycles. The number of ether oxygens (including phenoxy) is 1. The molecule has 0 bridgehead atoms. The van der Waals surface area contributed by atoms with E-state index in [0.717, 1.165) is 17.9 Å². The molecule has 2 amide bonds. The number of benzene rings is 1. The summed E-state index contributed by atoms with van der Waals surface area (Å²) in [4.78, 5) is 11.5. The van der Waals surface area contributed by atoms with E-state index < -0.39 is 0 Å². The highest BCUT2D eigenvalue weighted by Gasteiger charge is 2.22. The first-order valence-corrected chi connectivity index (χ1v) is 7.13. The van der Waals surface area contributed by atoms with Gasteiger partial charge in [-0.3, -0.25) is 0 Å². The second kappa shape index (κ2) is 7.75. The van der Waals surface area contributed by atoms with Gasteiger partial charge >= 0.3 is 6.03 Å². The third kappa shape index (κ3) is 5.09. The van der Waals surface area contributed by atoms with E-state index in [1.54, 1.807) is 0 Å². The van der Waals surface area contributed by atoms with Gasteiger partial charge < -0.3 is 20.5 Å². The van der Waals surface area contributed by atoms with Crippen molar-refractivity contribution in [2.45, 2.75) is 25.8 Å². The summed E-state index contributed by atoms with van der Waals surface area (Å²) in [6.07, 6.45) is 3.08. The summed E-state index contributed by atoms with van der Waals surface area (Å²) < 4.78 is 5.79. The zero-order chi connectivity index (χ0) is 14.2. The number of urea groups is 1. The van der Waals surface area contributed by atoms with Gasteiger partial charge in [-0.2, -0.15) is 0 Å². The predicted octanol–water partition coefficient (Wildman–Crippen LogP) is 1.66. The van der Waals surface area contributed by atoms with Gasteiger partial charge in [-0.1, -0.05) is 18.2 Å². The maximum absolute atomic E-state index is 11.5. The molecule has 1 aromatic carbocycles. The van der Waals surface area contributed by atoms with Gasteiger partial charge in [0.05, 0.1) is 6.61 Å². The Hall–Kier alpha value is -1.75. The first kappa shape index (κ1) is 14.7. The maximum Gasteiger partial charge on any atom is 0.315 e. The van der Waals surface area contributed by atoms with E-state index >= 15 is 0 Å². The molecule has 0 unspecified atom stereocenters. The van der Waals surface area contributed by atoms with Gasteiger partial charge in [-0.15, -0.1) is 0 Å². The van der Waals surface area contributed by atoms with Crippen molar-refractivity contribution in [1.82, 2.24) is 10.6 Å². The number of amides is 2. The molecule has 0 radical (unpaired) electrons. The van der Waals surface area contributed by atoms with Crippen molar-refractivity contribution >= 4 is 6.03 Å². The fourth-order valence-corrected chi connectivity index (χ4v) is 1.80. The second-order valence-electron chi connectivity index (χ2n) is 5.05. The summed E-state index contributed by atoms with van der Waals surface area (Å²) in [6, 6.07) is 7.53. The van der Waals surface area contributed by atoms with E-state index in [2.05, 4.69) is 10.6 Å². The largest absolute Gasteiger partial charge is 0.493 e. The van der Waals surface area contributed by atoms with Crippen LogP contribution in [0.25, 0.3) is 0 Å². The molecule has 0 spiro atoms. The highest BCUT2D eigenvalue weighted by atomic mass is 16.5. The Morgan fingerprint density at radius 3 is 2.85 bits per heavy atom. The minimum atomic E-state index is -0.226. The molecule has 0 aliphatic heterocycles. The molecule has 5 nitrogen and oxygen atoms in total. The summed E-state index contributed by atoms with van der Waals surface area (Å²) in [7, 11) is 0. The van der Waals surface area contributed by atoms with Crippen molar-refractivity contribution in [2.75, 3.05) is 19.8 Å². The Bertz CT molecular complexity index is 433. The zero-order valence-electron chi connectivity index (χ0n) is 11.6. The fraction of sp³-hybridized carbons (Fsp3) is 0.533. The van der Waals surface area contributed by atoms with Crippen LogP contribution in [0.5, 0.6) is 5.75 Å². The Morgan fingerprint density at radius 1 is 1.30 bits per heavy atom. The second-order valence-corrected chi connectivity index (χ2v) is 5.05. The number of carbonyl (C=O) groups is 1. The van der Waals surface area contributed by atoms with E-state index in [0.29, 0.717) is 25.4 Å². The molecular weight excluding hydrogens is 256 g/mol. The molecule has 20 heavy (non-hydrogen) atoms. The normalized spacial score (nSPS) is 13.8. The summed E-state index contributed by atoms with van der Waals surface area (Å²) >= 11 is 0. The highest BCUT2D eigenvalue weighted by molar-refractivity contribution is 5.73. The van der Waals surface area contributed by atoms with Crippen LogP contribution in [-0.2, 0) is 6.54 Å². The van der Waals surface area contributed by atoms with Crippen LogP contribution in [0.1, 0.15) is 24.8 Å². The lowest BCUT2D eigenvalue weighted by Gasteiger charge is -2.12. The number of aliphatic hydroxyl groups is 1. The number of para-hydroxylation sites is 1. The SMILES string of the molecule is O=C(NCCCO)NCc1ccccc1OCC1CC1. The summed E-state index contributed by atoms with van der Waals surface area (Å²) in [5, 5.41) is 14.1. The van der Waals surface area contributed by atoms with Gasteiger partial charge in [0.15, 0.2) is 0 Å². The first-order chi connectivity index (χ1) is 9.79. The Kier molecular flexibility index (Phi) is 5.68. The van der Waals surface area contributed by atoms with Crippen molar-refractivity contribution in [3.63, 3.8) is 0 Å². The van der Waals surface area contributed by atoms with Gasteiger partial charge in [0.25, 0.3) is 0 Å². The quantitative estimate of drug-likeness (QED) is 0.633. The van der Waals surface area contributed by atoms with Crippen LogP contribution in [0.4, 0.5) is 4.79 Å². The molecule has 1 aliphatic carbocycles. The number of aliphatic hydroxyl groups excluding tert-OH is 1. The third-order valence-electron chi connectivity index (χ3n) is 3.20. The van der Waals surface area contributed by atoms with Crippen molar-refractivity contribution in [1.29, 1.82) is 0 Å². The number of rotatable bonds is 8. The van der Waals surface area contributed by atoms with Crippen LogP contribution in [0.15, 0.2) is 24.3 Å². The minimum Gasteiger partial charge on any atom is -0.493 e. The minimum absolute atomic E-state index is 0.0815. The van der Waals surface area contributed by atoms with E-state index in [1.165, 1.54) is 12.8 Å². The van der Waals surface area contributed by atoms with Crippen LogP contribution in [0.3, 0.4) is 0 Å². The molecule has 1 saturated carbocycles. The standard InChI is InChI=1S/C15H22N2O3/c18-9-3-8-16-15(19)17-10-13-4-1-2-5-14(13)20-11-12-6-7-12/h1-2,4-5,12,18H,3,6-11H2,(H2,16,17,19). The molecule has 1 fully saturated rings. The average Bonchev–Trinajstić information content (AvgIpc) is 3.28. The van der Waals surface area contributed by atoms with E-state index in [1.807, 2.05) is 24.3 Å². The first-order valence-electron chi connectivity index (χ1n) is 7.13. The number of hydrogen-bond acceptors (Lipinski definition) is 3. The van der Waals surface area contributed by atoms with Crippen LogP contribution in [0, 0.1) is 5.92 Å². The topological polar surface area (TPSA) is 70.6 Å². The molecule has 0 saturated heterocycles. The molecule has 110 valence electrons. The lowest BCUT2D eigenvalue weighted by molar-refractivity contribution is 0.237. The van der Waals surface area contributed by atoms with Crippen molar-refractivity contribution < 1.29 is 14.6 Å². The third-order valence-corrected chi connectivity index (χ3v) is 3.20. The molecular formula is C15H22N2O3. The van der Waals surface area contributed by atoms with Gasteiger partial charge in [0, 0.05) is 25.3 Å². The summed E-state index contributed by atoms with van der Waals surface area (Å²) in [6.45, 7) is 1.76. The van der Waals surface area contributed by atoms with E-state index in [-0.39, 0.29) is 12.6 Å². The molecule has 1 aromatic rings. The highest BCUT2D eigenvalue weighted by Crippen LogP contribution is 2.30. The molecule has 2 rings (SSSR count). The van der Waals surface area contributed by atoms with Crippen molar-refractivity contribution in [3.8, 4) is 5.75 Å². The Morgan fingerprint density at radius 2 is 2.10 bits per heavy atom. The van der Waals surface area contributed by atoms with Crippen LogP contribution >= 0.6 is 0 Å². The summed E-state index contributed by atoms with van der Waals surface area (Å²) in [5.41, 5.74) is 0.977. The van der Waals surface area contributed by atoms with Crippen molar-refractivity contribution in [2.24, 2.45) is 5.92 Å². The summed E-state index contributed by atoms with van der Waals surface area (Å²) in [5.74, 6) is 1.55. The molecule has 0 aromatic heterocycles.